The van der Waals surface area contributed by atoms with Crippen molar-refractivity contribution in [1.29, 1.82) is 0 Å². The van der Waals surface area contributed by atoms with Crippen LogP contribution in [0.5, 0.6) is 0 Å². The topological polar surface area (TPSA) is 87.0 Å². The molecule has 1 atom stereocenters. The lowest BCUT2D eigenvalue weighted by molar-refractivity contribution is 0.0916. The lowest BCUT2D eigenvalue weighted by Gasteiger charge is -2.28. The van der Waals surface area contributed by atoms with Crippen molar-refractivity contribution < 1.29 is 19.0 Å². The zero-order valence-corrected chi connectivity index (χ0v) is 18.1. The van der Waals surface area contributed by atoms with Crippen LogP contribution in [0.3, 0.4) is 0 Å². The van der Waals surface area contributed by atoms with Crippen LogP contribution >= 0.6 is 0 Å². The average Bonchev–Trinajstić information content (AvgIpc) is 3.35. The van der Waals surface area contributed by atoms with Crippen LogP contribution in [0.25, 0.3) is 0 Å². The third-order valence-electron chi connectivity index (χ3n) is 5.31. The Labute approximate surface area is 192 Å². The van der Waals surface area contributed by atoms with Crippen molar-refractivity contribution in [2.75, 3.05) is 44.3 Å². The molecular formula is C25H25FN4O3. The smallest absolute Gasteiger partial charge is 0.252 e. The fourth-order valence-corrected chi connectivity index (χ4v) is 3.56. The lowest BCUT2D eigenvalue weighted by atomic mass is 10.1. The number of pyridine rings is 1. The number of aromatic nitrogens is 1. The number of aliphatic imine (C=N–C) groups is 1. The van der Waals surface area contributed by atoms with Crippen molar-refractivity contribution in [3.05, 3.63) is 70.7 Å². The highest BCUT2D eigenvalue weighted by atomic mass is 19.1. The molecule has 7 nitrogen and oxygen atoms in total. The first-order valence-electron chi connectivity index (χ1n) is 10.8. The van der Waals surface area contributed by atoms with E-state index in [-0.39, 0.29) is 18.3 Å². The molecule has 2 aliphatic rings. The zero-order chi connectivity index (χ0) is 23.0. The first kappa shape index (κ1) is 22.6. The van der Waals surface area contributed by atoms with Crippen molar-refractivity contribution >= 4 is 17.9 Å². The number of rotatable bonds is 6. The van der Waals surface area contributed by atoms with Crippen LogP contribution in [0.15, 0.2) is 53.2 Å². The van der Waals surface area contributed by atoms with Crippen LogP contribution in [-0.2, 0) is 4.74 Å². The fraction of sp³-hybridized carbons (Fsp3) is 0.320. The number of nitrogens with zero attached hydrogens (tertiary/aromatic N) is 3. The third kappa shape index (κ3) is 6.25. The van der Waals surface area contributed by atoms with Gasteiger partial charge in [0.2, 0.25) is 0 Å². The molecular weight excluding hydrogens is 423 g/mol. The molecule has 33 heavy (non-hydrogen) atoms. The summed E-state index contributed by atoms with van der Waals surface area (Å²) in [6.45, 7) is 3.29. The SMILES string of the molecule is O=C(NCC(O)CC1=CCN=C1)c1cnc(N2CCOCC2)c(C#Cc2ccc(F)cc2)c1. The summed E-state index contributed by atoms with van der Waals surface area (Å²) in [5.74, 6) is 6.12. The number of nitrogens with one attached hydrogen (secondary N) is 1. The van der Waals surface area contributed by atoms with Gasteiger partial charge in [-0.25, -0.2) is 9.37 Å². The van der Waals surface area contributed by atoms with Gasteiger partial charge in [0, 0.05) is 44.0 Å². The number of carbonyl (C=O) groups is 1. The maximum Gasteiger partial charge on any atom is 0.252 e. The number of carbonyl (C=O) groups excluding carboxylic acids is 1. The molecule has 1 unspecified atom stereocenters. The molecule has 4 rings (SSSR count). The van der Waals surface area contributed by atoms with Crippen LogP contribution in [0.1, 0.15) is 27.9 Å². The molecule has 0 bridgehead atoms. The van der Waals surface area contributed by atoms with Gasteiger partial charge < -0.3 is 20.1 Å². The summed E-state index contributed by atoms with van der Waals surface area (Å²) in [6, 6.07) is 7.61. The van der Waals surface area contributed by atoms with Gasteiger partial charge in [0.25, 0.3) is 5.91 Å². The molecule has 2 aliphatic heterocycles. The molecule has 1 amide bonds. The van der Waals surface area contributed by atoms with E-state index in [1.165, 1.54) is 18.3 Å². The largest absolute Gasteiger partial charge is 0.391 e. The van der Waals surface area contributed by atoms with Gasteiger partial charge >= 0.3 is 0 Å². The van der Waals surface area contributed by atoms with Gasteiger partial charge in [-0.15, -0.1) is 0 Å². The summed E-state index contributed by atoms with van der Waals surface area (Å²) in [4.78, 5) is 23.4. The summed E-state index contributed by atoms with van der Waals surface area (Å²) in [7, 11) is 0. The second-order valence-corrected chi connectivity index (χ2v) is 7.79. The number of morpholine rings is 1. The summed E-state index contributed by atoms with van der Waals surface area (Å²) in [5.41, 5.74) is 2.57. The summed E-state index contributed by atoms with van der Waals surface area (Å²) in [6.07, 6.45) is 4.94. The van der Waals surface area contributed by atoms with Gasteiger partial charge in [0.15, 0.2) is 0 Å². The monoisotopic (exact) mass is 448 g/mol. The van der Waals surface area contributed by atoms with Gasteiger partial charge in [-0.3, -0.25) is 9.79 Å². The number of halogens is 1. The molecule has 1 aromatic heterocycles. The highest BCUT2D eigenvalue weighted by Gasteiger charge is 2.18. The highest BCUT2D eigenvalue weighted by molar-refractivity contribution is 5.94. The number of aliphatic hydroxyl groups is 1. The van der Waals surface area contributed by atoms with E-state index in [2.05, 4.69) is 32.0 Å². The van der Waals surface area contributed by atoms with E-state index in [0.29, 0.717) is 61.8 Å². The Hall–Kier alpha value is -3.54. The van der Waals surface area contributed by atoms with E-state index in [9.17, 15) is 14.3 Å². The van der Waals surface area contributed by atoms with Crippen LogP contribution in [0.2, 0.25) is 0 Å². The van der Waals surface area contributed by atoms with Crippen LogP contribution in [0, 0.1) is 17.7 Å². The number of ether oxygens (including phenoxy) is 1. The lowest BCUT2D eigenvalue weighted by Crippen LogP contribution is -2.37. The van der Waals surface area contributed by atoms with Crippen LogP contribution < -0.4 is 10.2 Å². The first-order valence-corrected chi connectivity index (χ1v) is 10.8. The molecule has 2 N–H and O–H groups in total. The van der Waals surface area contributed by atoms with E-state index in [1.807, 2.05) is 6.08 Å². The third-order valence-corrected chi connectivity index (χ3v) is 5.31. The number of anilines is 1. The van der Waals surface area contributed by atoms with Crippen LogP contribution in [-0.4, -0.2) is 67.7 Å². The quantitative estimate of drug-likeness (QED) is 0.660. The number of amides is 1. The Bertz CT molecular complexity index is 1110. The minimum Gasteiger partial charge on any atom is -0.391 e. The minimum atomic E-state index is -0.705. The molecule has 1 saturated heterocycles. The molecule has 0 aliphatic carbocycles. The van der Waals surface area contributed by atoms with Gasteiger partial charge in [-0.05, 0) is 35.9 Å². The Morgan fingerprint density at radius 3 is 2.76 bits per heavy atom. The molecule has 2 aromatic rings. The summed E-state index contributed by atoms with van der Waals surface area (Å²) >= 11 is 0. The number of hydrogen-bond acceptors (Lipinski definition) is 6. The maximum absolute atomic E-state index is 13.2. The Balaban J connectivity index is 1.51. The van der Waals surface area contributed by atoms with E-state index in [4.69, 9.17) is 4.74 Å². The van der Waals surface area contributed by atoms with Crippen molar-refractivity contribution in [3.8, 4) is 11.8 Å². The second-order valence-electron chi connectivity index (χ2n) is 7.79. The average molecular weight is 448 g/mol. The molecule has 1 aromatic carbocycles. The molecule has 0 spiro atoms. The number of benzene rings is 1. The van der Waals surface area contributed by atoms with Gasteiger partial charge in [-0.1, -0.05) is 17.9 Å². The first-order chi connectivity index (χ1) is 16.1. The summed E-state index contributed by atoms with van der Waals surface area (Å²) in [5, 5.41) is 13.0. The number of aliphatic hydroxyl groups excluding tert-OH is 1. The second kappa shape index (κ2) is 10.9. The van der Waals surface area contributed by atoms with Gasteiger partial charge in [0.1, 0.15) is 11.6 Å². The molecule has 1 fully saturated rings. The number of hydrogen-bond donors (Lipinski definition) is 2. The predicted molar refractivity (Wildman–Crippen MR) is 124 cm³/mol. The fourth-order valence-electron chi connectivity index (χ4n) is 3.56. The van der Waals surface area contributed by atoms with Crippen LogP contribution in [0.4, 0.5) is 10.2 Å². The molecule has 0 saturated carbocycles. The van der Waals surface area contributed by atoms with Crippen molar-refractivity contribution in [3.63, 3.8) is 0 Å². The predicted octanol–water partition coefficient (Wildman–Crippen LogP) is 1.95. The zero-order valence-electron chi connectivity index (χ0n) is 18.1. The van der Waals surface area contributed by atoms with E-state index in [1.54, 1.807) is 24.4 Å². The van der Waals surface area contributed by atoms with E-state index >= 15 is 0 Å². The standard InChI is InChI=1S/C25H25FN4O3/c26-22-5-2-18(3-6-22)1-4-20-14-21(16-28-24(20)30-9-11-33-12-10-30)25(32)29-17-23(31)13-19-7-8-27-15-19/h2-3,5-7,14-16,23,31H,8-13,17H2,(H,29,32). The summed E-state index contributed by atoms with van der Waals surface area (Å²) < 4.78 is 18.6. The maximum atomic E-state index is 13.2. The van der Waals surface area contributed by atoms with Crippen molar-refractivity contribution in [2.45, 2.75) is 12.5 Å². The van der Waals surface area contributed by atoms with Crippen molar-refractivity contribution in [2.24, 2.45) is 4.99 Å². The highest BCUT2D eigenvalue weighted by Crippen LogP contribution is 2.20. The molecule has 3 heterocycles. The Morgan fingerprint density at radius 2 is 2.03 bits per heavy atom. The molecule has 0 radical (unpaired) electrons. The molecule has 8 heteroatoms. The molecule has 170 valence electrons. The van der Waals surface area contributed by atoms with E-state index < -0.39 is 6.10 Å². The van der Waals surface area contributed by atoms with Gasteiger partial charge in [0.05, 0.1) is 37.0 Å². The Morgan fingerprint density at radius 1 is 1.24 bits per heavy atom. The Kier molecular flexibility index (Phi) is 7.45. The minimum absolute atomic E-state index is 0.117. The van der Waals surface area contributed by atoms with Crippen molar-refractivity contribution in [1.82, 2.24) is 10.3 Å². The normalized spacial score (nSPS) is 16.1. The van der Waals surface area contributed by atoms with E-state index in [0.717, 1.165) is 5.57 Å². The van der Waals surface area contributed by atoms with Gasteiger partial charge in [-0.2, -0.15) is 0 Å².